The van der Waals surface area contributed by atoms with E-state index in [0.717, 1.165) is 16.6 Å². The molecule has 0 aliphatic heterocycles. The maximum Gasteiger partial charge on any atom is 0.336 e. The molecular weight excluding hydrogens is 272 g/mol. The van der Waals surface area contributed by atoms with Gasteiger partial charge in [-0.2, -0.15) is 0 Å². The first-order valence-corrected chi connectivity index (χ1v) is 6.79. The van der Waals surface area contributed by atoms with E-state index in [1.165, 1.54) is 6.07 Å². The highest BCUT2D eigenvalue weighted by molar-refractivity contribution is 7.80. The molecule has 0 amide bonds. The Kier molecular flexibility index (Phi) is 3.81. The molecule has 0 aliphatic carbocycles. The van der Waals surface area contributed by atoms with Crippen molar-refractivity contribution < 1.29 is 4.42 Å². The molecule has 1 aromatic heterocycles. The highest BCUT2D eigenvalue weighted by Crippen LogP contribution is 2.20. The molecular formula is C15H18N2O2S. The van der Waals surface area contributed by atoms with Crippen LogP contribution in [0.25, 0.3) is 11.0 Å². The van der Waals surface area contributed by atoms with Gasteiger partial charge in [0.2, 0.25) is 0 Å². The van der Waals surface area contributed by atoms with Gasteiger partial charge in [0.05, 0.1) is 0 Å². The van der Waals surface area contributed by atoms with Crippen LogP contribution in [0, 0.1) is 6.92 Å². The van der Waals surface area contributed by atoms with Crippen LogP contribution >= 0.6 is 12.2 Å². The highest BCUT2D eigenvalue weighted by atomic mass is 32.1. The van der Waals surface area contributed by atoms with Crippen molar-refractivity contribution in [2.45, 2.75) is 33.2 Å². The molecule has 0 aliphatic rings. The number of benzene rings is 1. The molecule has 2 rings (SSSR count). The molecule has 0 fully saturated rings. The van der Waals surface area contributed by atoms with E-state index < -0.39 is 0 Å². The molecule has 1 heterocycles. The summed E-state index contributed by atoms with van der Waals surface area (Å²) in [6.07, 6.45) is 0. The van der Waals surface area contributed by atoms with Crippen LogP contribution < -0.4 is 16.3 Å². The van der Waals surface area contributed by atoms with Crippen molar-refractivity contribution in [3.05, 3.63) is 40.2 Å². The fourth-order valence-corrected chi connectivity index (χ4v) is 2.33. The van der Waals surface area contributed by atoms with Crippen LogP contribution in [0.3, 0.4) is 0 Å². The summed E-state index contributed by atoms with van der Waals surface area (Å²) in [6.45, 7) is 7.98. The number of thiocarbonyl (C=S) groups is 1. The van der Waals surface area contributed by atoms with Gasteiger partial charge >= 0.3 is 5.63 Å². The molecule has 0 bridgehead atoms. The van der Waals surface area contributed by atoms with Gasteiger partial charge in [-0.3, -0.25) is 0 Å². The van der Waals surface area contributed by atoms with Crippen LogP contribution in [0.1, 0.15) is 26.3 Å². The van der Waals surface area contributed by atoms with E-state index in [4.69, 9.17) is 16.6 Å². The third-order valence-corrected chi connectivity index (χ3v) is 2.90. The number of hydrogen-bond donors (Lipinski definition) is 2. The van der Waals surface area contributed by atoms with Gasteiger partial charge < -0.3 is 15.1 Å². The Morgan fingerprint density at radius 3 is 2.60 bits per heavy atom. The van der Waals surface area contributed by atoms with Crippen molar-refractivity contribution in [3.63, 3.8) is 0 Å². The Morgan fingerprint density at radius 2 is 1.95 bits per heavy atom. The number of rotatable bonds is 1. The van der Waals surface area contributed by atoms with Gasteiger partial charge in [0.15, 0.2) is 5.11 Å². The Labute approximate surface area is 123 Å². The third-order valence-electron chi connectivity index (χ3n) is 2.70. The fraction of sp³-hybridized carbons (Fsp3) is 0.333. The minimum atomic E-state index is -0.345. The van der Waals surface area contributed by atoms with Crippen LogP contribution in [-0.4, -0.2) is 10.7 Å². The van der Waals surface area contributed by atoms with Crippen molar-refractivity contribution >= 4 is 34.0 Å². The smallest absolute Gasteiger partial charge is 0.336 e. The van der Waals surface area contributed by atoms with Crippen LogP contribution in [0.5, 0.6) is 0 Å². The van der Waals surface area contributed by atoms with Crippen molar-refractivity contribution in [1.29, 1.82) is 0 Å². The van der Waals surface area contributed by atoms with E-state index in [1.807, 2.05) is 39.8 Å². The molecule has 0 atom stereocenters. The molecule has 2 aromatic rings. The lowest BCUT2D eigenvalue weighted by atomic mass is 10.1. The summed E-state index contributed by atoms with van der Waals surface area (Å²) in [6, 6.07) is 7.09. The summed E-state index contributed by atoms with van der Waals surface area (Å²) < 4.78 is 5.21. The second-order valence-electron chi connectivity index (χ2n) is 5.79. The highest BCUT2D eigenvalue weighted by Gasteiger charge is 2.11. The van der Waals surface area contributed by atoms with E-state index >= 15 is 0 Å². The number of hydrogen-bond acceptors (Lipinski definition) is 3. The van der Waals surface area contributed by atoms with Gasteiger partial charge in [-0.1, -0.05) is 0 Å². The van der Waals surface area contributed by atoms with Crippen LogP contribution in [0.15, 0.2) is 33.5 Å². The van der Waals surface area contributed by atoms with Gasteiger partial charge in [-0.25, -0.2) is 4.79 Å². The molecule has 20 heavy (non-hydrogen) atoms. The number of aryl methyl sites for hydroxylation is 1. The first kappa shape index (κ1) is 14.5. The van der Waals surface area contributed by atoms with Gasteiger partial charge in [0.25, 0.3) is 0 Å². The normalized spacial score (nSPS) is 11.4. The molecule has 0 spiro atoms. The van der Waals surface area contributed by atoms with E-state index in [-0.39, 0.29) is 11.2 Å². The minimum absolute atomic E-state index is 0.107. The topological polar surface area (TPSA) is 54.3 Å². The lowest BCUT2D eigenvalue weighted by Gasteiger charge is -2.23. The molecule has 106 valence electrons. The predicted octanol–water partition coefficient (Wildman–Crippen LogP) is 3.19. The Balaban J connectivity index is 2.28. The Bertz CT molecular complexity index is 714. The number of nitrogens with one attached hydrogen (secondary N) is 2. The van der Waals surface area contributed by atoms with Gasteiger partial charge in [-0.15, -0.1) is 0 Å². The lowest BCUT2D eigenvalue weighted by Crippen LogP contribution is -2.42. The second kappa shape index (κ2) is 5.25. The second-order valence-corrected chi connectivity index (χ2v) is 6.20. The average Bonchev–Trinajstić information content (AvgIpc) is 2.24. The lowest BCUT2D eigenvalue weighted by molar-refractivity contribution is 0.515. The van der Waals surface area contributed by atoms with E-state index in [9.17, 15) is 4.79 Å². The molecule has 0 saturated carbocycles. The summed E-state index contributed by atoms with van der Waals surface area (Å²) in [5.74, 6) is 0. The molecule has 2 N–H and O–H groups in total. The van der Waals surface area contributed by atoms with E-state index in [0.29, 0.717) is 10.7 Å². The zero-order valence-corrected chi connectivity index (χ0v) is 12.9. The largest absolute Gasteiger partial charge is 0.423 e. The molecule has 0 saturated heterocycles. The molecule has 0 radical (unpaired) electrons. The van der Waals surface area contributed by atoms with Crippen molar-refractivity contribution in [1.82, 2.24) is 5.32 Å². The first-order valence-electron chi connectivity index (χ1n) is 6.38. The summed E-state index contributed by atoms with van der Waals surface area (Å²) >= 11 is 5.24. The monoisotopic (exact) mass is 290 g/mol. The Hall–Kier alpha value is -1.88. The molecule has 0 unspecified atom stereocenters. The zero-order chi connectivity index (χ0) is 14.9. The van der Waals surface area contributed by atoms with E-state index in [1.54, 1.807) is 6.07 Å². The maximum atomic E-state index is 11.4. The first-order chi connectivity index (χ1) is 9.24. The average molecular weight is 290 g/mol. The molecule has 5 heteroatoms. The molecule has 1 aromatic carbocycles. The van der Waals surface area contributed by atoms with Crippen LogP contribution in [0.2, 0.25) is 0 Å². The standard InChI is InChI=1S/C15H18N2O2S/c1-9-7-13(18)19-12-8-10(5-6-11(9)12)16-14(20)17-15(2,3)4/h5-8H,1-4H3,(H2,16,17,20). The zero-order valence-electron chi connectivity index (χ0n) is 12.0. The number of fused-ring (bicyclic) bond motifs is 1. The summed E-state index contributed by atoms with van der Waals surface area (Å²) in [5, 5.41) is 7.71. The Morgan fingerprint density at radius 1 is 1.25 bits per heavy atom. The van der Waals surface area contributed by atoms with Crippen molar-refractivity contribution in [3.8, 4) is 0 Å². The van der Waals surface area contributed by atoms with Crippen LogP contribution in [-0.2, 0) is 0 Å². The molecule has 4 nitrogen and oxygen atoms in total. The summed E-state index contributed by atoms with van der Waals surface area (Å²) in [4.78, 5) is 11.4. The number of anilines is 1. The van der Waals surface area contributed by atoms with Gasteiger partial charge in [-0.05, 0) is 57.6 Å². The summed E-state index contributed by atoms with van der Waals surface area (Å²) in [7, 11) is 0. The minimum Gasteiger partial charge on any atom is -0.423 e. The summed E-state index contributed by atoms with van der Waals surface area (Å²) in [5.41, 5.74) is 1.79. The fourth-order valence-electron chi connectivity index (χ4n) is 1.91. The van der Waals surface area contributed by atoms with Gasteiger partial charge in [0, 0.05) is 28.7 Å². The predicted molar refractivity (Wildman–Crippen MR) is 86.3 cm³/mol. The van der Waals surface area contributed by atoms with E-state index in [2.05, 4.69) is 10.6 Å². The quantitative estimate of drug-likeness (QED) is 0.624. The SMILES string of the molecule is Cc1cc(=O)oc2cc(NC(=S)NC(C)(C)C)ccc12. The van der Waals surface area contributed by atoms with Crippen molar-refractivity contribution in [2.24, 2.45) is 0 Å². The van der Waals surface area contributed by atoms with Crippen LogP contribution in [0.4, 0.5) is 5.69 Å². The maximum absolute atomic E-state index is 11.4. The third kappa shape index (κ3) is 3.57. The van der Waals surface area contributed by atoms with Crippen molar-refractivity contribution in [2.75, 3.05) is 5.32 Å². The van der Waals surface area contributed by atoms with Gasteiger partial charge in [0.1, 0.15) is 5.58 Å².